The molecule has 0 radical (unpaired) electrons. The molecule has 0 unspecified atom stereocenters. The van der Waals surface area contributed by atoms with Gasteiger partial charge in [-0.15, -0.1) is 0 Å². The fourth-order valence-corrected chi connectivity index (χ4v) is 3.48. The third-order valence-electron chi connectivity index (χ3n) is 5.21. The van der Waals surface area contributed by atoms with Crippen molar-refractivity contribution >= 4 is 11.6 Å². The van der Waals surface area contributed by atoms with E-state index in [2.05, 4.69) is 4.90 Å². The first-order valence-electron chi connectivity index (χ1n) is 9.66. The van der Waals surface area contributed by atoms with Crippen LogP contribution in [0.2, 0.25) is 0 Å². The molecule has 1 aliphatic heterocycles. The number of piperazine rings is 1. The maximum absolute atomic E-state index is 13.1. The predicted molar refractivity (Wildman–Crippen MR) is 110 cm³/mol. The van der Waals surface area contributed by atoms with E-state index in [0.717, 1.165) is 11.3 Å². The van der Waals surface area contributed by atoms with Crippen LogP contribution in [0, 0.1) is 5.82 Å². The van der Waals surface area contributed by atoms with Gasteiger partial charge in [0.2, 0.25) is 5.91 Å². The van der Waals surface area contributed by atoms with Gasteiger partial charge < -0.3 is 19.0 Å². The van der Waals surface area contributed by atoms with Crippen molar-refractivity contribution in [1.82, 2.24) is 9.47 Å². The van der Waals surface area contributed by atoms with E-state index in [0.29, 0.717) is 37.7 Å². The van der Waals surface area contributed by atoms with Gasteiger partial charge in [0.25, 0.3) is 0 Å². The normalized spacial score (nSPS) is 14.1. The summed E-state index contributed by atoms with van der Waals surface area (Å²) in [7, 11) is 1.58. The Labute approximate surface area is 172 Å². The summed E-state index contributed by atoms with van der Waals surface area (Å²) in [4.78, 5) is 28.7. The molecule has 1 aliphatic rings. The number of rotatable bonds is 5. The van der Waals surface area contributed by atoms with Crippen molar-refractivity contribution in [2.24, 2.45) is 0 Å². The van der Waals surface area contributed by atoms with Crippen LogP contribution in [-0.2, 0) is 11.3 Å². The van der Waals surface area contributed by atoms with Gasteiger partial charge in [-0.3, -0.25) is 9.36 Å². The van der Waals surface area contributed by atoms with Crippen LogP contribution in [-0.4, -0.2) is 48.7 Å². The van der Waals surface area contributed by atoms with Crippen LogP contribution in [0.15, 0.2) is 63.9 Å². The Hall–Kier alpha value is -3.55. The van der Waals surface area contributed by atoms with Crippen LogP contribution in [0.4, 0.5) is 10.1 Å². The van der Waals surface area contributed by atoms with Gasteiger partial charge in [-0.25, -0.2) is 9.18 Å². The lowest BCUT2D eigenvalue weighted by molar-refractivity contribution is -0.132. The van der Waals surface area contributed by atoms with Gasteiger partial charge in [-0.1, -0.05) is 0 Å². The van der Waals surface area contributed by atoms with Gasteiger partial charge in [-0.2, -0.15) is 0 Å². The largest absolute Gasteiger partial charge is 0.497 e. The second kappa shape index (κ2) is 8.44. The van der Waals surface area contributed by atoms with E-state index >= 15 is 0 Å². The predicted octanol–water partition coefficient (Wildman–Crippen LogP) is 2.60. The number of oxazole rings is 1. The number of hydrogen-bond acceptors (Lipinski definition) is 5. The van der Waals surface area contributed by atoms with E-state index in [1.165, 1.54) is 16.7 Å². The zero-order valence-electron chi connectivity index (χ0n) is 16.6. The summed E-state index contributed by atoms with van der Waals surface area (Å²) in [6.45, 7) is 2.29. The summed E-state index contributed by atoms with van der Waals surface area (Å²) in [5, 5.41) is 0. The number of anilines is 1. The standard InChI is InChI=1S/C22H22FN3O4/c1-29-19-8-2-16(3-9-19)20-14-26(22(28)30-20)15-21(27)25-12-10-24(11-13-25)18-6-4-17(23)5-7-18/h2-9,14H,10-13,15H2,1H3. The smallest absolute Gasteiger partial charge is 0.419 e. The summed E-state index contributed by atoms with van der Waals surface area (Å²) in [5.41, 5.74) is 1.66. The number of benzene rings is 2. The highest BCUT2D eigenvalue weighted by Gasteiger charge is 2.22. The number of hydrogen-bond donors (Lipinski definition) is 0. The van der Waals surface area contributed by atoms with Crippen LogP contribution < -0.4 is 15.4 Å². The van der Waals surface area contributed by atoms with Crippen molar-refractivity contribution in [3.63, 3.8) is 0 Å². The van der Waals surface area contributed by atoms with Crippen molar-refractivity contribution in [3.05, 3.63) is 71.1 Å². The number of methoxy groups -OCH3 is 1. The van der Waals surface area contributed by atoms with Crippen molar-refractivity contribution in [2.75, 3.05) is 38.2 Å². The molecule has 4 rings (SSSR count). The number of carbonyl (C=O) groups is 1. The molecule has 7 nitrogen and oxygen atoms in total. The van der Waals surface area contributed by atoms with E-state index < -0.39 is 5.76 Å². The van der Waals surface area contributed by atoms with Gasteiger partial charge in [0.05, 0.1) is 13.3 Å². The van der Waals surface area contributed by atoms with Crippen LogP contribution in [0.1, 0.15) is 0 Å². The van der Waals surface area contributed by atoms with Gasteiger partial charge in [0.1, 0.15) is 18.1 Å². The zero-order chi connectivity index (χ0) is 21.1. The monoisotopic (exact) mass is 411 g/mol. The Morgan fingerprint density at radius 1 is 1.03 bits per heavy atom. The average Bonchev–Trinajstić information content (AvgIpc) is 3.14. The Morgan fingerprint density at radius 2 is 1.70 bits per heavy atom. The summed E-state index contributed by atoms with van der Waals surface area (Å²) >= 11 is 0. The molecule has 0 N–H and O–H groups in total. The molecule has 3 aromatic rings. The second-order valence-corrected chi connectivity index (χ2v) is 7.06. The lowest BCUT2D eigenvalue weighted by Gasteiger charge is -2.36. The van der Waals surface area contributed by atoms with Crippen LogP contribution >= 0.6 is 0 Å². The number of halogens is 1. The molecule has 156 valence electrons. The van der Waals surface area contributed by atoms with Crippen molar-refractivity contribution < 1.29 is 18.3 Å². The topological polar surface area (TPSA) is 67.9 Å². The first-order chi connectivity index (χ1) is 14.5. The molecule has 0 spiro atoms. The van der Waals surface area contributed by atoms with Crippen molar-refractivity contribution in [3.8, 4) is 17.1 Å². The second-order valence-electron chi connectivity index (χ2n) is 7.06. The van der Waals surface area contributed by atoms with E-state index in [-0.39, 0.29) is 18.3 Å². The number of ether oxygens (including phenoxy) is 1. The van der Waals surface area contributed by atoms with Gasteiger partial charge in [0, 0.05) is 37.4 Å². The highest BCUT2D eigenvalue weighted by Crippen LogP contribution is 2.21. The molecule has 1 aromatic heterocycles. The van der Waals surface area contributed by atoms with E-state index in [4.69, 9.17) is 9.15 Å². The average molecular weight is 411 g/mol. The van der Waals surface area contributed by atoms with Crippen LogP contribution in [0.25, 0.3) is 11.3 Å². The fraction of sp³-hybridized carbons (Fsp3) is 0.273. The van der Waals surface area contributed by atoms with Gasteiger partial charge in [0.15, 0.2) is 5.76 Å². The SMILES string of the molecule is COc1ccc(-c2cn(CC(=O)N3CCN(c4ccc(F)cc4)CC3)c(=O)o2)cc1. The molecular weight excluding hydrogens is 389 g/mol. The highest BCUT2D eigenvalue weighted by molar-refractivity contribution is 5.76. The molecule has 2 aromatic carbocycles. The first kappa shape index (κ1) is 19.8. The van der Waals surface area contributed by atoms with Gasteiger partial charge >= 0.3 is 5.76 Å². The minimum Gasteiger partial charge on any atom is -0.497 e. The minimum absolute atomic E-state index is 0.0744. The number of amides is 1. The Morgan fingerprint density at radius 3 is 2.33 bits per heavy atom. The molecule has 1 saturated heterocycles. The van der Waals surface area contributed by atoms with E-state index in [1.54, 1.807) is 54.6 Å². The molecule has 0 bridgehead atoms. The molecule has 30 heavy (non-hydrogen) atoms. The minimum atomic E-state index is -0.570. The maximum atomic E-state index is 13.1. The molecule has 0 aliphatic carbocycles. The molecule has 0 saturated carbocycles. The third kappa shape index (κ3) is 4.22. The Balaban J connectivity index is 1.38. The summed E-state index contributed by atoms with van der Waals surface area (Å²) in [6, 6.07) is 13.5. The Kier molecular flexibility index (Phi) is 5.56. The summed E-state index contributed by atoms with van der Waals surface area (Å²) in [5.74, 6) is 0.122. The van der Waals surface area contributed by atoms with Crippen molar-refractivity contribution in [2.45, 2.75) is 6.54 Å². The number of aromatic nitrogens is 1. The number of nitrogens with zero attached hydrogens (tertiary/aromatic N) is 3. The van der Waals surface area contributed by atoms with Crippen LogP contribution in [0.3, 0.4) is 0 Å². The Bertz CT molecular complexity index is 1070. The lowest BCUT2D eigenvalue weighted by atomic mass is 10.2. The first-order valence-corrected chi connectivity index (χ1v) is 9.66. The molecule has 0 atom stereocenters. The summed E-state index contributed by atoms with van der Waals surface area (Å²) < 4.78 is 24.8. The highest BCUT2D eigenvalue weighted by atomic mass is 19.1. The number of carbonyl (C=O) groups excluding carboxylic acids is 1. The zero-order valence-corrected chi connectivity index (χ0v) is 16.6. The fourth-order valence-electron chi connectivity index (χ4n) is 3.48. The third-order valence-corrected chi connectivity index (χ3v) is 5.21. The van der Waals surface area contributed by atoms with Gasteiger partial charge in [-0.05, 0) is 48.5 Å². The molecule has 2 heterocycles. The van der Waals surface area contributed by atoms with E-state index in [9.17, 15) is 14.0 Å². The molecule has 8 heteroatoms. The molecule has 1 fully saturated rings. The molecular formula is C22H22FN3O4. The quantitative estimate of drug-likeness (QED) is 0.646. The van der Waals surface area contributed by atoms with Crippen molar-refractivity contribution in [1.29, 1.82) is 0 Å². The van der Waals surface area contributed by atoms with E-state index in [1.807, 2.05) is 0 Å². The summed E-state index contributed by atoms with van der Waals surface area (Å²) in [6.07, 6.45) is 1.55. The lowest BCUT2D eigenvalue weighted by Crippen LogP contribution is -2.50. The van der Waals surface area contributed by atoms with Crippen LogP contribution in [0.5, 0.6) is 5.75 Å². The molecule has 1 amide bonds. The maximum Gasteiger partial charge on any atom is 0.419 e.